The molecule has 0 N–H and O–H groups in total. The van der Waals surface area contributed by atoms with Crippen molar-refractivity contribution in [2.45, 2.75) is 25.6 Å². The van der Waals surface area contributed by atoms with Crippen LogP contribution in [0.5, 0.6) is 5.75 Å². The van der Waals surface area contributed by atoms with E-state index in [4.69, 9.17) is 21.1 Å². The fourth-order valence-corrected chi connectivity index (χ4v) is 2.02. The van der Waals surface area contributed by atoms with Gasteiger partial charge in [-0.2, -0.15) is 0 Å². The monoisotopic (exact) mass is 290 g/mol. The first-order valence-corrected chi connectivity index (χ1v) is 6.16. The van der Waals surface area contributed by atoms with Crippen molar-refractivity contribution in [1.29, 1.82) is 0 Å². The molecule has 1 aromatic rings. The number of hydrogen-bond acceptors (Lipinski definition) is 2. The van der Waals surface area contributed by atoms with E-state index in [1.807, 2.05) is 18.2 Å². The number of benzene rings is 1. The second-order valence-electron chi connectivity index (χ2n) is 3.49. The largest absolute Gasteiger partial charge is 0.463 e. The normalized spacial score (nSPS) is 21.3. The average molecular weight is 292 g/mol. The van der Waals surface area contributed by atoms with Crippen LogP contribution in [0.1, 0.15) is 19.3 Å². The van der Waals surface area contributed by atoms with Crippen LogP contribution in [0, 0.1) is 0 Å². The minimum Gasteiger partial charge on any atom is -0.463 e. The molecule has 1 saturated heterocycles. The molecule has 1 aliphatic rings. The molecule has 0 saturated carbocycles. The highest BCUT2D eigenvalue weighted by Gasteiger charge is 2.16. The Morgan fingerprint density at radius 1 is 1.40 bits per heavy atom. The van der Waals surface area contributed by atoms with E-state index in [1.165, 1.54) is 0 Å². The number of rotatable bonds is 2. The first-order valence-electron chi connectivity index (χ1n) is 4.99. The molecule has 0 amide bonds. The van der Waals surface area contributed by atoms with Crippen LogP contribution >= 0.6 is 27.5 Å². The van der Waals surface area contributed by atoms with Gasteiger partial charge in [0, 0.05) is 10.9 Å². The lowest BCUT2D eigenvalue weighted by Gasteiger charge is -2.23. The number of hydrogen-bond donors (Lipinski definition) is 0. The van der Waals surface area contributed by atoms with Crippen molar-refractivity contribution in [2.75, 3.05) is 6.61 Å². The van der Waals surface area contributed by atoms with E-state index in [-0.39, 0.29) is 6.29 Å². The van der Waals surface area contributed by atoms with Gasteiger partial charge in [0.1, 0.15) is 5.75 Å². The third kappa shape index (κ3) is 3.10. The van der Waals surface area contributed by atoms with Crippen molar-refractivity contribution in [3.05, 3.63) is 27.7 Å². The van der Waals surface area contributed by atoms with Gasteiger partial charge in [0.2, 0.25) is 0 Å². The summed E-state index contributed by atoms with van der Waals surface area (Å²) in [6, 6.07) is 5.56. The Morgan fingerprint density at radius 2 is 2.27 bits per heavy atom. The van der Waals surface area contributed by atoms with Crippen molar-refractivity contribution in [3.8, 4) is 5.75 Å². The Balaban J connectivity index is 2.05. The molecule has 4 heteroatoms. The molecular weight excluding hydrogens is 279 g/mol. The van der Waals surface area contributed by atoms with Gasteiger partial charge in [0.15, 0.2) is 6.29 Å². The maximum atomic E-state index is 6.01. The third-order valence-electron chi connectivity index (χ3n) is 2.29. The molecule has 82 valence electrons. The maximum absolute atomic E-state index is 6.01. The summed E-state index contributed by atoms with van der Waals surface area (Å²) < 4.78 is 12.1. The van der Waals surface area contributed by atoms with E-state index in [2.05, 4.69) is 15.9 Å². The highest BCUT2D eigenvalue weighted by Crippen LogP contribution is 2.30. The zero-order valence-electron chi connectivity index (χ0n) is 8.21. The van der Waals surface area contributed by atoms with Crippen molar-refractivity contribution in [2.24, 2.45) is 0 Å². The quantitative estimate of drug-likeness (QED) is 0.820. The van der Waals surface area contributed by atoms with Gasteiger partial charge in [-0.1, -0.05) is 27.5 Å². The van der Waals surface area contributed by atoms with Gasteiger partial charge >= 0.3 is 0 Å². The lowest BCUT2D eigenvalue weighted by Crippen LogP contribution is -2.25. The summed E-state index contributed by atoms with van der Waals surface area (Å²) in [7, 11) is 0. The van der Waals surface area contributed by atoms with Crippen LogP contribution < -0.4 is 4.74 Å². The number of halogens is 2. The lowest BCUT2D eigenvalue weighted by atomic mass is 10.2. The fourth-order valence-electron chi connectivity index (χ4n) is 1.51. The molecule has 1 aliphatic heterocycles. The van der Waals surface area contributed by atoms with Gasteiger partial charge in [-0.15, -0.1) is 0 Å². The van der Waals surface area contributed by atoms with Gasteiger partial charge < -0.3 is 9.47 Å². The molecule has 1 unspecified atom stereocenters. The summed E-state index contributed by atoms with van der Waals surface area (Å²) in [4.78, 5) is 0. The molecule has 0 aromatic heterocycles. The molecule has 1 heterocycles. The Kier molecular flexibility index (Phi) is 3.89. The van der Waals surface area contributed by atoms with Gasteiger partial charge in [0.05, 0.1) is 11.6 Å². The first kappa shape index (κ1) is 11.2. The number of ether oxygens (including phenoxy) is 2. The van der Waals surface area contributed by atoms with Crippen LogP contribution in [0.15, 0.2) is 22.7 Å². The minimum absolute atomic E-state index is 0.148. The molecule has 2 nitrogen and oxygen atoms in total. The van der Waals surface area contributed by atoms with Crippen LogP contribution in [0.3, 0.4) is 0 Å². The second-order valence-corrected chi connectivity index (χ2v) is 4.81. The van der Waals surface area contributed by atoms with Crippen LogP contribution in [0.25, 0.3) is 0 Å². The first-order chi connectivity index (χ1) is 7.25. The van der Waals surface area contributed by atoms with Gasteiger partial charge in [-0.3, -0.25) is 0 Å². The predicted octanol–water partition coefficient (Wildman–Crippen LogP) is 4.01. The van der Waals surface area contributed by atoms with E-state index in [0.717, 1.165) is 30.3 Å². The van der Waals surface area contributed by atoms with Crippen molar-refractivity contribution in [1.82, 2.24) is 0 Å². The minimum atomic E-state index is -0.148. The lowest BCUT2D eigenvalue weighted by molar-refractivity contribution is -0.105. The van der Waals surface area contributed by atoms with Crippen molar-refractivity contribution >= 4 is 27.5 Å². The zero-order chi connectivity index (χ0) is 10.7. The second kappa shape index (κ2) is 5.19. The maximum Gasteiger partial charge on any atom is 0.199 e. The fraction of sp³-hybridized carbons (Fsp3) is 0.455. The van der Waals surface area contributed by atoms with E-state index in [1.54, 1.807) is 0 Å². The topological polar surface area (TPSA) is 18.5 Å². The summed E-state index contributed by atoms with van der Waals surface area (Å²) in [5.74, 6) is 0.679. The molecule has 2 rings (SSSR count). The third-order valence-corrected chi connectivity index (χ3v) is 3.10. The summed E-state index contributed by atoms with van der Waals surface area (Å²) in [6.07, 6.45) is 3.05. The molecule has 1 aromatic carbocycles. The van der Waals surface area contributed by atoms with Gasteiger partial charge in [-0.25, -0.2) is 0 Å². The Labute approximate surface area is 103 Å². The van der Waals surface area contributed by atoms with Crippen LogP contribution in [-0.2, 0) is 4.74 Å². The molecular formula is C11H12BrClO2. The summed E-state index contributed by atoms with van der Waals surface area (Å²) in [5.41, 5.74) is 0. The van der Waals surface area contributed by atoms with Crippen LogP contribution in [0.2, 0.25) is 5.02 Å². The van der Waals surface area contributed by atoms with Crippen molar-refractivity contribution in [3.63, 3.8) is 0 Å². The Hall–Kier alpha value is -0.250. The van der Waals surface area contributed by atoms with E-state index in [9.17, 15) is 0 Å². The predicted molar refractivity (Wildman–Crippen MR) is 63.4 cm³/mol. The SMILES string of the molecule is Clc1ccc(Br)cc1OC1CCCCO1. The summed E-state index contributed by atoms with van der Waals surface area (Å²) >= 11 is 9.40. The highest BCUT2D eigenvalue weighted by atomic mass is 79.9. The smallest absolute Gasteiger partial charge is 0.199 e. The Bertz CT molecular complexity index is 337. The summed E-state index contributed by atoms with van der Waals surface area (Å²) in [6.45, 7) is 0.774. The summed E-state index contributed by atoms with van der Waals surface area (Å²) in [5, 5.41) is 0.618. The highest BCUT2D eigenvalue weighted by molar-refractivity contribution is 9.10. The zero-order valence-corrected chi connectivity index (χ0v) is 10.6. The van der Waals surface area contributed by atoms with Crippen molar-refractivity contribution < 1.29 is 9.47 Å². The van der Waals surface area contributed by atoms with E-state index >= 15 is 0 Å². The van der Waals surface area contributed by atoms with E-state index in [0.29, 0.717) is 10.8 Å². The van der Waals surface area contributed by atoms with Crippen LogP contribution in [-0.4, -0.2) is 12.9 Å². The molecule has 1 fully saturated rings. The molecule has 0 bridgehead atoms. The van der Waals surface area contributed by atoms with Gasteiger partial charge in [0.25, 0.3) is 0 Å². The average Bonchev–Trinajstić information content (AvgIpc) is 2.25. The molecule has 0 aliphatic carbocycles. The molecule has 15 heavy (non-hydrogen) atoms. The van der Waals surface area contributed by atoms with Gasteiger partial charge in [-0.05, 0) is 31.0 Å². The molecule has 0 radical (unpaired) electrons. The van der Waals surface area contributed by atoms with E-state index < -0.39 is 0 Å². The standard InChI is InChI=1S/C11H12BrClO2/c12-8-4-5-9(13)10(7-8)15-11-3-1-2-6-14-11/h4-5,7,11H,1-3,6H2. The van der Waals surface area contributed by atoms with Crippen LogP contribution in [0.4, 0.5) is 0 Å². The Morgan fingerprint density at radius 3 is 3.00 bits per heavy atom. The molecule has 0 spiro atoms. The molecule has 1 atom stereocenters.